The molecule has 4 aromatic carbocycles. The number of aliphatic hydroxyl groups is 1. The molecule has 4 heterocycles. The van der Waals surface area contributed by atoms with Gasteiger partial charge in [-0.3, -0.25) is 19.2 Å². The van der Waals surface area contributed by atoms with Crippen LogP contribution in [0.3, 0.4) is 0 Å². The quantitative estimate of drug-likeness (QED) is 0.203. The van der Waals surface area contributed by atoms with E-state index >= 15 is 0 Å². The summed E-state index contributed by atoms with van der Waals surface area (Å²) in [5.41, 5.74) is 3.61. The highest BCUT2D eigenvalue weighted by atomic mass is 28.4. The molecule has 10 nitrogen and oxygen atoms in total. The first-order valence-electron chi connectivity index (χ1n) is 16.8. The van der Waals surface area contributed by atoms with Crippen LogP contribution in [0, 0.1) is 5.92 Å². The van der Waals surface area contributed by atoms with Gasteiger partial charge in [0.1, 0.15) is 0 Å². The second-order valence-electron chi connectivity index (χ2n) is 14.1. The predicted octanol–water partition coefficient (Wildman–Crippen LogP) is 5.71. The second-order valence-corrected chi connectivity index (χ2v) is 18.1. The van der Waals surface area contributed by atoms with Gasteiger partial charge in [-0.2, -0.15) is 0 Å². The van der Waals surface area contributed by atoms with Gasteiger partial charge in [0.25, 0.3) is 11.8 Å². The van der Waals surface area contributed by atoms with Crippen molar-refractivity contribution in [3.05, 3.63) is 114 Å². The highest BCUT2D eigenvalue weighted by Gasteiger charge is 2.65. The third-order valence-corrected chi connectivity index (χ3v) is 13.4. The standard InChI is InChI=1S/C38H39N5O5Si/c1-23-35(49(3,4)47)33(18-19-42-21-30(39-40-42)28(22-44)24-10-6-5-7-11-24)48-38(23)29-20-26(16-17-31(29)41(2)37(38)46)43-32-15-9-13-25-12-8-14-27(34(25)32)36(43)45/h5-17,20-21,23,28,33,35,44,47H,18-19,22H2,1-4H3/t23-,28?,33+,35-,38+/m0/s1. The number of fused-ring (bicyclic) bond motifs is 2. The Morgan fingerprint density at radius 3 is 2.47 bits per heavy atom. The normalized spacial score (nSPS) is 23.7. The van der Waals surface area contributed by atoms with Crippen LogP contribution in [0.15, 0.2) is 91.1 Å². The molecule has 2 N–H and O–H groups in total. The molecule has 49 heavy (non-hydrogen) atoms. The maximum absolute atomic E-state index is 14.4. The SMILES string of the molecule is C[C@H]1[C@H]([Si](C)(C)O)[C@@H](CCn2cc(C(CO)c3ccccc3)nn2)O[C@]12C(=O)N(C)c1ccc(N3C(=O)c4cccc5cccc3c45)cc12. The van der Waals surface area contributed by atoms with Crippen LogP contribution < -0.4 is 9.80 Å². The van der Waals surface area contributed by atoms with E-state index in [0.717, 1.165) is 27.7 Å². The summed E-state index contributed by atoms with van der Waals surface area (Å²) < 4.78 is 8.72. The van der Waals surface area contributed by atoms with E-state index in [1.54, 1.807) is 21.5 Å². The van der Waals surface area contributed by atoms with E-state index in [4.69, 9.17) is 4.74 Å². The molecule has 0 radical (unpaired) electrons. The monoisotopic (exact) mass is 673 g/mol. The van der Waals surface area contributed by atoms with Crippen molar-refractivity contribution in [2.75, 3.05) is 23.5 Å². The minimum absolute atomic E-state index is 0.0951. The molecular formula is C38H39N5O5Si. The first-order chi connectivity index (χ1) is 23.5. The van der Waals surface area contributed by atoms with Gasteiger partial charge in [0.05, 0.1) is 41.3 Å². The number of amides is 2. The zero-order valence-corrected chi connectivity index (χ0v) is 28.9. The van der Waals surface area contributed by atoms with Crippen LogP contribution in [0.4, 0.5) is 17.1 Å². The number of likely N-dealkylation sites (N-methyl/N-ethyl adjacent to an activating group) is 1. The fraction of sp³-hybridized carbons (Fsp3) is 0.316. The van der Waals surface area contributed by atoms with Gasteiger partial charge in [0, 0.05) is 47.9 Å². The van der Waals surface area contributed by atoms with Crippen LogP contribution >= 0.6 is 0 Å². The molecule has 3 aliphatic rings. The van der Waals surface area contributed by atoms with E-state index in [0.29, 0.717) is 35.5 Å². The van der Waals surface area contributed by atoms with Gasteiger partial charge in [-0.15, -0.1) is 5.10 Å². The number of hydrogen-bond acceptors (Lipinski definition) is 7. The van der Waals surface area contributed by atoms with Crippen molar-refractivity contribution in [2.45, 2.75) is 56.1 Å². The molecule has 1 fully saturated rings. The van der Waals surface area contributed by atoms with E-state index < -0.39 is 20.0 Å². The lowest BCUT2D eigenvalue weighted by atomic mass is 9.82. The Bertz CT molecular complexity index is 2110. The molecule has 1 spiro atoms. The number of benzene rings is 4. The third-order valence-electron chi connectivity index (χ3n) is 10.9. The van der Waals surface area contributed by atoms with Crippen LogP contribution in [0.1, 0.15) is 46.4 Å². The van der Waals surface area contributed by atoms with Crippen LogP contribution in [-0.2, 0) is 21.7 Å². The summed E-state index contributed by atoms with van der Waals surface area (Å²) >= 11 is 0. The van der Waals surface area contributed by atoms with E-state index in [9.17, 15) is 19.5 Å². The molecule has 250 valence electrons. The number of anilines is 3. The van der Waals surface area contributed by atoms with Gasteiger partial charge in [-0.05, 0) is 60.8 Å². The fourth-order valence-electron chi connectivity index (χ4n) is 8.65. The predicted molar refractivity (Wildman–Crippen MR) is 189 cm³/mol. The minimum atomic E-state index is -2.88. The van der Waals surface area contributed by atoms with Crippen molar-refractivity contribution in [1.82, 2.24) is 15.0 Å². The van der Waals surface area contributed by atoms with E-state index in [-0.39, 0.29) is 35.8 Å². The van der Waals surface area contributed by atoms with Crippen molar-refractivity contribution in [2.24, 2.45) is 5.92 Å². The number of aliphatic hydroxyl groups excluding tert-OH is 1. The van der Waals surface area contributed by atoms with Crippen LogP contribution in [-0.4, -0.2) is 64.8 Å². The lowest BCUT2D eigenvalue weighted by Gasteiger charge is -2.32. The van der Waals surface area contributed by atoms with Crippen molar-refractivity contribution >= 4 is 48.0 Å². The van der Waals surface area contributed by atoms with E-state index in [1.807, 2.05) is 111 Å². The van der Waals surface area contributed by atoms with Gasteiger partial charge in [-0.25, -0.2) is 0 Å². The number of aromatic nitrogens is 3. The van der Waals surface area contributed by atoms with Gasteiger partial charge in [-0.1, -0.05) is 66.7 Å². The van der Waals surface area contributed by atoms with E-state index in [1.165, 1.54) is 0 Å². The molecule has 1 unspecified atom stereocenters. The molecule has 0 saturated carbocycles. The lowest BCUT2D eigenvalue weighted by Crippen LogP contribution is -2.45. The molecular weight excluding hydrogens is 635 g/mol. The van der Waals surface area contributed by atoms with Crippen LogP contribution in [0.2, 0.25) is 18.6 Å². The lowest BCUT2D eigenvalue weighted by molar-refractivity contribution is -0.145. The molecule has 0 bridgehead atoms. The Morgan fingerprint density at radius 1 is 0.980 bits per heavy atom. The molecule has 5 atom stereocenters. The fourth-order valence-corrected chi connectivity index (χ4v) is 11.3. The summed E-state index contributed by atoms with van der Waals surface area (Å²) in [5, 5.41) is 20.8. The molecule has 5 aromatic rings. The van der Waals surface area contributed by atoms with Gasteiger partial charge >= 0.3 is 0 Å². The van der Waals surface area contributed by atoms with Crippen molar-refractivity contribution < 1.29 is 24.2 Å². The Hall–Kier alpha value is -4.68. The maximum Gasteiger partial charge on any atom is 0.264 e. The topological polar surface area (TPSA) is 121 Å². The van der Waals surface area contributed by atoms with Gasteiger partial charge < -0.3 is 19.5 Å². The van der Waals surface area contributed by atoms with E-state index in [2.05, 4.69) is 10.3 Å². The molecule has 8 rings (SSSR count). The summed E-state index contributed by atoms with van der Waals surface area (Å²) in [6.45, 7) is 6.19. The van der Waals surface area contributed by atoms with Crippen molar-refractivity contribution in [3.8, 4) is 0 Å². The summed E-state index contributed by atoms with van der Waals surface area (Å²) in [6.07, 6.45) is 1.91. The largest absolute Gasteiger partial charge is 0.432 e. The van der Waals surface area contributed by atoms with Crippen molar-refractivity contribution in [1.29, 1.82) is 0 Å². The Morgan fingerprint density at radius 2 is 1.73 bits per heavy atom. The van der Waals surface area contributed by atoms with Crippen LogP contribution in [0.5, 0.6) is 0 Å². The van der Waals surface area contributed by atoms with Crippen molar-refractivity contribution in [3.63, 3.8) is 0 Å². The molecule has 2 amide bonds. The number of aryl methyl sites for hydroxylation is 1. The highest BCUT2D eigenvalue weighted by molar-refractivity contribution is 6.71. The number of carbonyl (C=O) groups is 2. The van der Waals surface area contributed by atoms with Crippen LogP contribution in [0.25, 0.3) is 10.8 Å². The second kappa shape index (κ2) is 11.4. The minimum Gasteiger partial charge on any atom is -0.432 e. The third kappa shape index (κ3) is 4.71. The Labute approximate surface area is 285 Å². The number of carbonyl (C=O) groups excluding carboxylic acids is 2. The van der Waals surface area contributed by atoms with Gasteiger partial charge in [0.15, 0.2) is 13.9 Å². The summed E-state index contributed by atoms with van der Waals surface area (Å²) in [7, 11) is -1.12. The molecule has 11 heteroatoms. The number of ether oxygens (including phenoxy) is 1. The molecule has 1 aromatic heterocycles. The average Bonchev–Trinajstić information content (AvgIpc) is 3.81. The first-order valence-corrected chi connectivity index (χ1v) is 19.8. The first kappa shape index (κ1) is 31.6. The zero-order chi connectivity index (χ0) is 34.2. The highest BCUT2D eigenvalue weighted by Crippen LogP contribution is 2.60. The Balaban J connectivity index is 1.13. The number of hydrogen-bond donors (Lipinski definition) is 2. The molecule has 0 aliphatic carbocycles. The average molecular weight is 674 g/mol. The summed E-state index contributed by atoms with van der Waals surface area (Å²) in [5.74, 6) is -0.917. The maximum atomic E-state index is 14.4. The zero-order valence-electron chi connectivity index (χ0n) is 27.9. The number of nitrogens with zero attached hydrogens (tertiary/aromatic N) is 5. The summed E-state index contributed by atoms with van der Waals surface area (Å²) in [4.78, 5) is 43.3. The smallest absolute Gasteiger partial charge is 0.264 e. The Kier molecular flexibility index (Phi) is 7.38. The molecule has 3 aliphatic heterocycles. The number of rotatable bonds is 8. The summed E-state index contributed by atoms with van der Waals surface area (Å²) in [6, 6.07) is 27.1. The van der Waals surface area contributed by atoms with Gasteiger partial charge in [0.2, 0.25) is 0 Å². The molecule has 1 saturated heterocycles.